The van der Waals surface area contributed by atoms with Crippen LogP contribution in [0.25, 0.3) is 0 Å². The van der Waals surface area contributed by atoms with Crippen molar-refractivity contribution in [2.24, 2.45) is 0 Å². The SMILES string of the molecule is OC(CCc1ccco1)Cc1cccc(F)c1Cl. The van der Waals surface area contributed by atoms with E-state index in [-0.39, 0.29) is 5.02 Å². The maximum absolute atomic E-state index is 13.2. The minimum absolute atomic E-state index is 0.0922. The molecule has 1 heterocycles. The molecular weight excluding hydrogens is 255 g/mol. The highest BCUT2D eigenvalue weighted by Gasteiger charge is 2.11. The van der Waals surface area contributed by atoms with Gasteiger partial charge in [-0.25, -0.2) is 4.39 Å². The van der Waals surface area contributed by atoms with Gasteiger partial charge in [-0.1, -0.05) is 23.7 Å². The molecule has 0 amide bonds. The highest BCUT2D eigenvalue weighted by atomic mass is 35.5. The first-order chi connectivity index (χ1) is 8.66. The predicted molar refractivity (Wildman–Crippen MR) is 68.1 cm³/mol. The Morgan fingerprint density at radius 1 is 1.28 bits per heavy atom. The van der Waals surface area contributed by atoms with Crippen LogP contribution in [0.3, 0.4) is 0 Å². The maximum Gasteiger partial charge on any atom is 0.142 e. The summed E-state index contributed by atoms with van der Waals surface area (Å²) in [6.07, 6.45) is 2.60. The maximum atomic E-state index is 13.2. The molecule has 2 nitrogen and oxygen atoms in total. The van der Waals surface area contributed by atoms with Crippen molar-refractivity contribution in [3.8, 4) is 0 Å². The third-order valence-corrected chi connectivity index (χ3v) is 3.21. The van der Waals surface area contributed by atoms with Crippen LogP contribution in [0.5, 0.6) is 0 Å². The van der Waals surface area contributed by atoms with Crippen LogP contribution in [0.1, 0.15) is 17.7 Å². The molecule has 0 saturated heterocycles. The summed E-state index contributed by atoms with van der Waals surface area (Å²) >= 11 is 5.83. The minimum atomic E-state index is -0.561. The van der Waals surface area contributed by atoms with Crippen LogP contribution in [0.15, 0.2) is 41.0 Å². The Kier molecular flexibility index (Phi) is 4.39. The molecule has 18 heavy (non-hydrogen) atoms. The smallest absolute Gasteiger partial charge is 0.142 e. The van der Waals surface area contributed by atoms with Gasteiger partial charge in [-0.2, -0.15) is 0 Å². The van der Waals surface area contributed by atoms with Crippen LogP contribution in [-0.4, -0.2) is 11.2 Å². The van der Waals surface area contributed by atoms with Crippen molar-refractivity contribution in [1.82, 2.24) is 0 Å². The lowest BCUT2D eigenvalue weighted by Gasteiger charge is -2.11. The van der Waals surface area contributed by atoms with Crippen LogP contribution in [-0.2, 0) is 12.8 Å². The molecule has 4 heteroatoms. The molecule has 1 atom stereocenters. The van der Waals surface area contributed by atoms with Crippen molar-refractivity contribution >= 4 is 11.6 Å². The number of hydrogen-bond acceptors (Lipinski definition) is 2. The minimum Gasteiger partial charge on any atom is -0.469 e. The third-order valence-electron chi connectivity index (χ3n) is 2.79. The molecule has 0 fully saturated rings. The van der Waals surface area contributed by atoms with Crippen LogP contribution in [0, 0.1) is 5.82 Å². The van der Waals surface area contributed by atoms with E-state index in [1.165, 1.54) is 6.07 Å². The van der Waals surface area contributed by atoms with Gasteiger partial charge in [-0.05, 0) is 36.6 Å². The van der Waals surface area contributed by atoms with E-state index in [1.54, 1.807) is 18.4 Å². The van der Waals surface area contributed by atoms with E-state index >= 15 is 0 Å². The zero-order chi connectivity index (χ0) is 13.0. The normalized spacial score (nSPS) is 12.6. The van der Waals surface area contributed by atoms with E-state index in [0.717, 1.165) is 5.76 Å². The van der Waals surface area contributed by atoms with Gasteiger partial charge in [0.25, 0.3) is 0 Å². The summed E-state index contributed by atoms with van der Waals surface area (Å²) in [7, 11) is 0. The summed E-state index contributed by atoms with van der Waals surface area (Å²) in [4.78, 5) is 0. The number of aryl methyl sites for hydroxylation is 1. The van der Waals surface area contributed by atoms with Crippen molar-refractivity contribution in [2.45, 2.75) is 25.4 Å². The van der Waals surface area contributed by atoms with Crippen LogP contribution in [0.2, 0.25) is 5.02 Å². The molecule has 1 aromatic heterocycles. The fraction of sp³-hybridized carbons (Fsp3) is 0.286. The zero-order valence-corrected chi connectivity index (χ0v) is 10.5. The first-order valence-electron chi connectivity index (χ1n) is 5.80. The summed E-state index contributed by atoms with van der Waals surface area (Å²) in [6.45, 7) is 0. The molecule has 0 spiro atoms. The fourth-order valence-electron chi connectivity index (χ4n) is 1.83. The number of benzene rings is 1. The third kappa shape index (κ3) is 3.34. The Balaban J connectivity index is 1.90. The van der Waals surface area contributed by atoms with Gasteiger partial charge in [0.2, 0.25) is 0 Å². The van der Waals surface area contributed by atoms with E-state index in [0.29, 0.717) is 24.8 Å². The van der Waals surface area contributed by atoms with Crippen molar-refractivity contribution in [3.05, 3.63) is 58.8 Å². The standard InChI is InChI=1S/C14H14ClFO2/c15-14-10(3-1-5-13(14)16)9-11(17)6-7-12-4-2-8-18-12/h1-5,8,11,17H,6-7,9H2. The lowest BCUT2D eigenvalue weighted by Crippen LogP contribution is -2.12. The van der Waals surface area contributed by atoms with Crippen molar-refractivity contribution in [3.63, 3.8) is 0 Å². The average molecular weight is 269 g/mol. The Labute approximate surface area is 110 Å². The summed E-state index contributed by atoms with van der Waals surface area (Å²) < 4.78 is 18.4. The quantitative estimate of drug-likeness (QED) is 0.899. The topological polar surface area (TPSA) is 33.4 Å². The summed E-state index contributed by atoms with van der Waals surface area (Å²) in [5, 5.41) is 9.99. The molecule has 1 N–H and O–H groups in total. The molecule has 0 aliphatic carbocycles. The van der Waals surface area contributed by atoms with Gasteiger partial charge in [0.1, 0.15) is 11.6 Å². The molecule has 0 bridgehead atoms. The monoisotopic (exact) mass is 268 g/mol. The predicted octanol–water partition coefficient (Wildman–Crippen LogP) is 3.61. The molecule has 0 aliphatic heterocycles. The van der Waals surface area contributed by atoms with Crippen molar-refractivity contribution in [2.75, 3.05) is 0 Å². The molecule has 0 aliphatic rings. The average Bonchev–Trinajstić information content (AvgIpc) is 2.86. The largest absolute Gasteiger partial charge is 0.469 e. The van der Waals surface area contributed by atoms with Gasteiger partial charge in [0.05, 0.1) is 17.4 Å². The molecule has 0 radical (unpaired) electrons. The van der Waals surface area contributed by atoms with Gasteiger partial charge in [-0.15, -0.1) is 0 Å². The second kappa shape index (κ2) is 6.03. The van der Waals surface area contributed by atoms with E-state index in [2.05, 4.69) is 0 Å². The number of hydrogen-bond donors (Lipinski definition) is 1. The van der Waals surface area contributed by atoms with Crippen LogP contribution in [0.4, 0.5) is 4.39 Å². The second-order valence-electron chi connectivity index (χ2n) is 4.19. The number of rotatable bonds is 5. The number of halogens is 2. The van der Waals surface area contributed by atoms with Crippen molar-refractivity contribution < 1.29 is 13.9 Å². The first-order valence-corrected chi connectivity index (χ1v) is 6.18. The lowest BCUT2D eigenvalue weighted by molar-refractivity contribution is 0.163. The molecule has 1 aromatic carbocycles. The highest BCUT2D eigenvalue weighted by Crippen LogP contribution is 2.21. The second-order valence-corrected chi connectivity index (χ2v) is 4.57. The van der Waals surface area contributed by atoms with Gasteiger partial charge in [0, 0.05) is 6.42 Å². The summed E-state index contributed by atoms with van der Waals surface area (Å²) in [6, 6.07) is 8.30. The molecule has 2 aromatic rings. The Morgan fingerprint density at radius 3 is 2.83 bits per heavy atom. The van der Waals surface area contributed by atoms with Gasteiger partial charge >= 0.3 is 0 Å². The molecule has 1 unspecified atom stereocenters. The van der Waals surface area contributed by atoms with Gasteiger partial charge < -0.3 is 9.52 Å². The van der Waals surface area contributed by atoms with Crippen molar-refractivity contribution in [1.29, 1.82) is 0 Å². The molecule has 96 valence electrons. The van der Waals surface area contributed by atoms with E-state index in [4.69, 9.17) is 16.0 Å². The Bertz CT molecular complexity index is 497. The first kappa shape index (κ1) is 13.1. The van der Waals surface area contributed by atoms with E-state index in [1.807, 2.05) is 12.1 Å². The van der Waals surface area contributed by atoms with E-state index < -0.39 is 11.9 Å². The van der Waals surface area contributed by atoms with Gasteiger partial charge in [-0.3, -0.25) is 0 Å². The highest BCUT2D eigenvalue weighted by molar-refractivity contribution is 6.31. The van der Waals surface area contributed by atoms with E-state index in [9.17, 15) is 9.50 Å². The van der Waals surface area contributed by atoms with Crippen LogP contribution >= 0.6 is 11.6 Å². The van der Waals surface area contributed by atoms with Gasteiger partial charge in [0.15, 0.2) is 0 Å². The lowest BCUT2D eigenvalue weighted by atomic mass is 10.0. The summed E-state index contributed by atoms with van der Waals surface area (Å²) in [5.74, 6) is 0.381. The summed E-state index contributed by atoms with van der Waals surface area (Å²) in [5.41, 5.74) is 0.628. The zero-order valence-electron chi connectivity index (χ0n) is 9.77. The number of aliphatic hydroxyl groups excluding tert-OH is 1. The number of aliphatic hydroxyl groups is 1. The fourth-order valence-corrected chi connectivity index (χ4v) is 2.03. The molecular formula is C14H14ClFO2. The van der Waals surface area contributed by atoms with Crippen LogP contribution < -0.4 is 0 Å². The Morgan fingerprint density at radius 2 is 2.11 bits per heavy atom. The molecule has 0 saturated carbocycles. The number of furan rings is 1. The molecule has 2 rings (SSSR count). The Hall–Kier alpha value is -1.32.